The molecule has 1 aliphatic heterocycles. The Balaban J connectivity index is 1.98. The molecule has 0 saturated carbocycles. The zero-order valence-corrected chi connectivity index (χ0v) is 11.0. The molecule has 1 saturated heterocycles. The third kappa shape index (κ3) is 3.31. The standard InChI is InChI=1S/C14H20N2O2/c1-16-7-6-15-12(10-16)9-14(17)11-4-3-5-13(8-11)18-2/h3-5,8,12,15H,6-7,9-10H2,1-2H3. The number of nitrogens with one attached hydrogen (secondary N) is 1. The third-order valence-electron chi connectivity index (χ3n) is 3.28. The summed E-state index contributed by atoms with van der Waals surface area (Å²) < 4.78 is 5.14. The fourth-order valence-corrected chi connectivity index (χ4v) is 2.27. The van der Waals surface area contributed by atoms with E-state index in [-0.39, 0.29) is 11.8 Å². The van der Waals surface area contributed by atoms with Gasteiger partial charge in [0.15, 0.2) is 5.78 Å². The van der Waals surface area contributed by atoms with Crippen molar-refractivity contribution in [1.82, 2.24) is 10.2 Å². The molecule has 1 unspecified atom stereocenters. The maximum Gasteiger partial charge on any atom is 0.164 e. The number of hydrogen-bond acceptors (Lipinski definition) is 4. The number of ketones is 1. The summed E-state index contributed by atoms with van der Waals surface area (Å²) in [7, 11) is 3.70. The second-order valence-electron chi connectivity index (χ2n) is 4.77. The average Bonchev–Trinajstić information content (AvgIpc) is 2.39. The highest BCUT2D eigenvalue weighted by molar-refractivity contribution is 5.96. The molecule has 1 aromatic rings. The highest BCUT2D eigenvalue weighted by Gasteiger charge is 2.20. The van der Waals surface area contributed by atoms with Crippen molar-refractivity contribution in [3.63, 3.8) is 0 Å². The van der Waals surface area contributed by atoms with E-state index in [2.05, 4.69) is 17.3 Å². The second-order valence-corrected chi connectivity index (χ2v) is 4.77. The number of methoxy groups -OCH3 is 1. The highest BCUT2D eigenvalue weighted by atomic mass is 16.5. The quantitative estimate of drug-likeness (QED) is 0.812. The lowest BCUT2D eigenvalue weighted by molar-refractivity contribution is 0.0951. The van der Waals surface area contributed by atoms with Crippen LogP contribution >= 0.6 is 0 Å². The minimum atomic E-state index is 0.168. The number of benzene rings is 1. The van der Waals surface area contributed by atoms with Crippen LogP contribution in [0, 0.1) is 0 Å². The molecule has 2 rings (SSSR count). The normalized spacial score (nSPS) is 20.7. The van der Waals surface area contributed by atoms with Crippen LogP contribution in [0.4, 0.5) is 0 Å². The van der Waals surface area contributed by atoms with Crippen molar-refractivity contribution in [2.45, 2.75) is 12.5 Å². The maximum absolute atomic E-state index is 12.2. The van der Waals surface area contributed by atoms with E-state index in [1.165, 1.54) is 0 Å². The predicted molar refractivity (Wildman–Crippen MR) is 71.2 cm³/mol. The van der Waals surface area contributed by atoms with E-state index in [4.69, 9.17) is 4.74 Å². The number of likely N-dealkylation sites (N-methyl/N-ethyl adjacent to an activating group) is 1. The number of nitrogens with zero attached hydrogens (tertiary/aromatic N) is 1. The van der Waals surface area contributed by atoms with Gasteiger partial charge in [-0.25, -0.2) is 0 Å². The van der Waals surface area contributed by atoms with Crippen LogP contribution in [0.5, 0.6) is 5.75 Å². The van der Waals surface area contributed by atoms with Gasteiger partial charge in [-0.15, -0.1) is 0 Å². The zero-order chi connectivity index (χ0) is 13.0. The number of rotatable bonds is 4. The number of hydrogen-bond donors (Lipinski definition) is 1. The molecule has 1 aromatic carbocycles. The Morgan fingerprint density at radius 3 is 3.11 bits per heavy atom. The molecule has 0 radical (unpaired) electrons. The molecule has 0 amide bonds. The molecule has 98 valence electrons. The minimum absolute atomic E-state index is 0.168. The third-order valence-corrected chi connectivity index (χ3v) is 3.28. The van der Waals surface area contributed by atoms with Gasteiger partial charge in [-0.3, -0.25) is 4.79 Å². The van der Waals surface area contributed by atoms with E-state index in [1.54, 1.807) is 13.2 Å². The molecule has 1 fully saturated rings. The molecule has 0 aliphatic carbocycles. The smallest absolute Gasteiger partial charge is 0.164 e. The van der Waals surface area contributed by atoms with E-state index >= 15 is 0 Å². The number of carbonyl (C=O) groups excluding carboxylic acids is 1. The van der Waals surface area contributed by atoms with Gasteiger partial charge in [0.2, 0.25) is 0 Å². The summed E-state index contributed by atoms with van der Waals surface area (Å²) in [5.74, 6) is 0.899. The summed E-state index contributed by atoms with van der Waals surface area (Å²) in [6, 6.07) is 7.60. The summed E-state index contributed by atoms with van der Waals surface area (Å²) in [6.45, 7) is 2.92. The van der Waals surface area contributed by atoms with Gasteiger partial charge in [0, 0.05) is 37.7 Å². The van der Waals surface area contributed by atoms with Crippen molar-refractivity contribution < 1.29 is 9.53 Å². The van der Waals surface area contributed by atoms with Crippen molar-refractivity contribution in [3.8, 4) is 5.75 Å². The van der Waals surface area contributed by atoms with Gasteiger partial charge in [-0.2, -0.15) is 0 Å². The first-order chi connectivity index (χ1) is 8.69. The molecule has 1 heterocycles. The van der Waals surface area contributed by atoms with Crippen LogP contribution in [-0.2, 0) is 0 Å². The van der Waals surface area contributed by atoms with Crippen LogP contribution in [0.3, 0.4) is 0 Å². The van der Waals surface area contributed by atoms with E-state index in [0.717, 1.165) is 30.9 Å². The summed E-state index contributed by atoms with van der Waals surface area (Å²) in [5, 5.41) is 3.39. The topological polar surface area (TPSA) is 41.6 Å². The van der Waals surface area contributed by atoms with Crippen LogP contribution in [0.15, 0.2) is 24.3 Å². The van der Waals surface area contributed by atoms with Gasteiger partial charge in [0.1, 0.15) is 5.75 Å². The van der Waals surface area contributed by atoms with Crippen LogP contribution in [0.1, 0.15) is 16.8 Å². The summed E-state index contributed by atoms with van der Waals surface area (Å²) in [4.78, 5) is 14.4. The van der Waals surface area contributed by atoms with Crippen LogP contribution in [-0.4, -0.2) is 50.5 Å². The Hall–Kier alpha value is -1.39. The summed E-state index contributed by atoms with van der Waals surface area (Å²) in [5.41, 5.74) is 0.726. The summed E-state index contributed by atoms with van der Waals surface area (Å²) in [6.07, 6.45) is 0.539. The number of ether oxygens (including phenoxy) is 1. The Kier molecular flexibility index (Phi) is 4.33. The average molecular weight is 248 g/mol. The summed E-state index contributed by atoms with van der Waals surface area (Å²) >= 11 is 0. The lowest BCUT2D eigenvalue weighted by atomic mass is 10.0. The second kappa shape index (κ2) is 5.98. The lowest BCUT2D eigenvalue weighted by Crippen LogP contribution is -2.49. The minimum Gasteiger partial charge on any atom is -0.497 e. The fourth-order valence-electron chi connectivity index (χ4n) is 2.27. The molecular formula is C14H20N2O2. The van der Waals surface area contributed by atoms with E-state index in [0.29, 0.717) is 6.42 Å². The Labute approximate surface area is 108 Å². The molecule has 4 nitrogen and oxygen atoms in total. The van der Waals surface area contributed by atoms with E-state index in [1.807, 2.05) is 18.2 Å². The van der Waals surface area contributed by atoms with E-state index in [9.17, 15) is 4.79 Å². The first kappa shape index (κ1) is 13.1. The molecule has 4 heteroatoms. The van der Waals surface area contributed by atoms with Crippen molar-refractivity contribution >= 4 is 5.78 Å². The monoisotopic (exact) mass is 248 g/mol. The largest absolute Gasteiger partial charge is 0.497 e. The molecule has 0 aromatic heterocycles. The molecule has 1 aliphatic rings. The molecular weight excluding hydrogens is 228 g/mol. The van der Waals surface area contributed by atoms with Gasteiger partial charge in [-0.1, -0.05) is 12.1 Å². The molecule has 0 bridgehead atoms. The van der Waals surface area contributed by atoms with Gasteiger partial charge in [0.25, 0.3) is 0 Å². The molecule has 1 N–H and O–H groups in total. The van der Waals surface area contributed by atoms with Gasteiger partial charge >= 0.3 is 0 Å². The SMILES string of the molecule is COc1cccc(C(=O)CC2CN(C)CCN2)c1. The molecule has 18 heavy (non-hydrogen) atoms. The van der Waals surface area contributed by atoms with Crippen LogP contribution in [0.2, 0.25) is 0 Å². The van der Waals surface area contributed by atoms with Crippen molar-refractivity contribution in [2.24, 2.45) is 0 Å². The van der Waals surface area contributed by atoms with Crippen LogP contribution < -0.4 is 10.1 Å². The Morgan fingerprint density at radius 1 is 1.56 bits per heavy atom. The lowest BCUT2D eigenvalue weighted by Gasteiger charge is -2.30. The van der Waals surface area contributed by atoms with E-state index < -0.39 is 0 Å². The van der Waals surface area contributed by atoms with Gasteiger partial charge in [0.05, 0.1) is 7.11 Å². The Morgan fingerprint density at radius 2 is 2.39 bits per heavy atom. The van der Waals surface area contributed by atoms with Crippen molar-refractivity contribution in [1.29, 1.82) is 0 Å². The number of Topliss-reactive ketones (excluding diaryl/α,β-unsaturated/α-hetero) is 1. The first-order valence-corrected chi connectivity index (χ1v) is 6.28. The van der Waals surface area contributed by atoms with Gasteiger partial charge < -0.3 is 15.0 Å². The number of piperazine rings is 1. The first-order valence-electron chi connectivity index (χ1n) is 6.28. The highest BCUT2D eigenvalue weighted by Crippen LogP contribution is 2.15. The van der Waals surface area contributed by atoms with Gasteiger partial charge in [-0.05, 0) is 19.2 Å². The predicted octanol–water partition coefficient (Wildman–Crippen LogP) is 1.17. The molecule has 1 atom stereocenters. The Bertz CT molecular complexity index is 420. The number of carbonyl (C=O) groups is 1. The molecule has 0 spiro atoms. The van der Waals surface area contributed by atoms with Crippen molar-refractivity contribution in [2.75, 3.05) is 33.8 Å². The van der Waals surface area contributed by atoms with Crippen LogP contribution in [0.25, 0.3) is 0 Å². The fraction of sp³-hybridized carbons (Fsp3) is 0.500. The van der Waals surface area contributed by atoms with Crippen molar-refractivity contribution in [3.05, 3.63) is 29.8 Å². The zero-order valence-electron chi connectivity index (χ0n) is 11.0. The maximum atomic E-state index is 12.2.